The zero-order chi connectivity index (χ0) is 24.1. The van der Waals surface area contributed by atoms with Crippen molar-refractivity contribution in [3.05, 3.63) is 94.5 Å². The first-order valence-electron chi connectivity index (χ1n) is 10.5. The molecule has 0 aliphatic carbocycles. The molecule has 0 radical (unpaired) electrons. The van der Waals surface area contributed by atoms with Crippen molar-refractivity contribution in [3.63, 3.8) is 0 Å². The highest BCUT2D eigenvalue weighted by atomic mass is 32.2. The molecule has 1 atom stereocenters. The lowest BCUT2D eigenvalue weighted by Crippen LogP contribution is -2.23. The third kappa shape index (κ3) is 5.26. The van der Waals surface area contributed by atoms with E-state index in [1.165, 1.54) is 23.9 Å². The second-order valence-electron chi connectivity index (χ2n) is 7.53. The first-order chi connectivity index (χ1) is 16.4. The number of nitrogens with one attached hydrogen (secondary N) is 1. The van der Waals surface area contributed by atoms with Crippen LogP contribution in [0, 0.1) is 17.0 Å². The normalized spacial score (nSPS) is 11.6. The lowest BCUT2D eigenvalue weighted by molar-refractivity contribution is -0.384. The van der Waals surface area contributed by atoms with Crippen molar-refractivity contribution in [3.8, 4) is 22.5 Å². The van der Waals surface area contributed by atoms with Gasteiger partial charge in [0, 0.05) is 23.3 Å². The number of non-ortho nitro benzene ring substituents is 1. The van der Waals surface area contributed by atoms with Crippen LogP contribution in [0.4, 0.5) is 11.4 Å². The number of carbonyl (C=O) groups is 1. The first kappa shape index (κ1) is 23.1. The van der Waals surface area contributed by atoms with Gasteiger partial charge in [-0.15, -0.1) is 10.2 Å². The number of benzene rings is 3. The van der Waals surface area contributed by atoms with Crippen molar-refractivity contribution in [2.45, 2.75) is 24.3 Å². The molecule has 0 bridgehead atoms. The third-order valence-electron chi connectivity index (χ3n) is 5.10. The van der Waals surface area contributed by atoms with Gasteiger partial charge >= 0.3 is 0 Å². The van der Waals surface area contributed by atoms with E-state index in [0.29, 0.717) is 22.2 Å². The van der Waals surface area contributed by atoms with Crippen LogP contribution in [-0.4, -0.2) is 31.3 Å². The second kappa shape index (κ2) is 10.2. The summed E-state index contributed by atoms with van der Waals surface area (Å²) in [5, 5.41) is 22.3. The van der Waals surface area contributed by atoms with Crippen molar-refractivity contribution in [1.82, 2.24) is 15.2 Å². The van der Waals surface area contributed by atoms with Crippen LogP contribution in [0.5, 0.6) is 0 Å². The summed E-state index contributed by atoms with van der Waals surface area (Å²) in [6, 6.07) is 23.7. The molecule has 0 aliphatic rings. The van der Waals surface area contributed by atoms with E-state index < -0.39 is 10.2 Å². The minimum Gasteiger partial charge on any atom is -0.325 e. The van der Waals surface area contributed by atoms with Crippen LogP contribution >= 0.6 is 11.8 Å². The van der Waals surface area contributed by atoms with Gasteiger partial charge < -0.3 is 5.32 Å². The molecule has 1 N–H and O–H groups in total. The summed E-state index contributed by atoms with van der Waals surface area (Å²) in [5.41, 5.74) is 4.15. The molecule has 4 rings (SSSR count). The van der Waals surface area contributed by atoms with E-state index in [0.717, 1.165) is 16.7 Å². The Morgan fingerprint density at radius 3 is 2.18 bits per heavy atom. The Bertz CT molecular complexity index is 1330. The van der Waals surface area contributed by atoms with E-state index in [1.54, 1.807) is 19.9 Å². The quantitative estimate of drug-likeness (QED) is 0.214. The maximum absolute atomic E-state index is 12.8. The summed E-state index contributed by atoms with van der Waals surface area (Å²) in [4.78, 5) is 28.1. The van der Waals surface area contributed by atoms with E-state index in [2.05, 4.69) is 15.5 Å². The van der Waals surface area contributed by atoms with Gasteiger partial charge in [0.15, 0.2) is 0 Å². The average molecular weight is 472 g/mol. The number of rotatable bonds is 7. The Hall–Kier alpha value is -4.11. The molecule has 0 aliphatic heterocycles. The number of thioether (sulfide) groups is 1. The van der Waals surface area contributed by atoms with Crippen molar-refractivity contribution >= 4 is 29.0 Å². The molecule has 8 nitrogen and oxygen atoms in total. The molecular weight excluding hydrogens is 450 g/mol. The van der Waals surface area contributed by atoms with Gasteiger partial charge in [-0.05, 0) is 19.4 Å². The minimum atomic E-state index is -0.563. The summed E-state index contributed by atoms with van der Waals surface area (Å²) < 4.78 is 0. The van der Waals surface area contributed by atoms with E-state index >= 15 is 0 Å². The number of nitro benzene ring substituents is 1. The predicted molar refractivity (Wildman–Crippen MR) is 132 cm³/mol. The molecule has 0 saturated carbocycles. The SMILES string of the molecule is Cc1ccc([N+](=O)[O-])cc1NC(=O)[C@@H](C)Sc1nnc(-c2ccccc2)c(-c2ccccc2)n1. The summed E-state index contributed by atoms with van der Waals surface area (Å²) in [5.74, 6) is -0.314. The van der Waals surface area contributed by atoms with Crippen molar-refractivity contribution < 1.29 is 9.72 Å². The summed E-state index contributed by atoms with van der Waals surface area (Å²) >= 11 is 1.17. The van der Waals surface area contributed by atoms with Crippen LogP contribution in [-0.2, 0) is 4.79 Å². The van der Waals surface area contributed by atoms with Gasteiger partial charge in [0.25, 0.3) is 5.69 Å². The highest BCUT2D eigenvalue weighted by molar-refractivity contribution is 8.00. The highest BCUT2D eigenvalue weighted by Crippen LogP contribution is 2.31. The smallest absolute Gasteiger partial charge is 0.271 e. The lowest BCUT2D eigenvalue weighted by Gasteiger charge is -2.14. The molecule has 1 amide bonds. The molecule has 0 unspecified atom stereocenters. The number of nitro groups is 1. The molecule has 1 aromatic heterocycles. The molecule has 0 spiro atoms. The maximum atomic E-state index is 12.8. The second-order valence-corrected chi connectivity index (χ2v) is 8.84. The van der Waals surface area contributed by atoms with Gasteiger partial charge in [0.1, 0.15) is 11.4 Å². The molecule has 34 heavy (non-hydrogen) atoms. The van der Waals surface area contributed by atoms with Gasteiger partial charge in [-0.25, -0.2) is 4.98 Å². The Morgan fingerprint density at radius 2 is 1.56 bits per heavy atom. The Labute approximate surface area is 200 Å². The van der Waals surface area contributed by atoms with Crippen LogP contribution in [0.15, 0.2) is 84.0 Å². The molecule has 4 aromatic rings. The fourth-order valence-corrected chi connectivity index (χ4v) is 3.97. The summed E-state index contributed by atoms with van der Waals surface area (Å²) in [6.07, 6.45) is 0. The number of hydrogen-bond acceptors (Lipinski definition) is 7. The van der Waals surface area contributed by atoms with Crippen LogP contribution in [0.25, 0.3) is 22.5 Å². The molecule has 0 fully saturated rings. The lowest BCUT2D eigenvalue weighted by atomic mass is 10.0. The van der Waals surface area contributed by atoms with Gasteiger partial charge in [-0.2, -0.15) is 0 Å². The number of aromatic nitrogens is 3. The average Bonchev–Trinajstić information content (AvgIpc) is 2.86. The fraction of sp³-hybridized carbons (Fsp3) is 0.120. The number of hydrogen-bond donors (Lipinski definition) is 1. The van der Waals surface area contributed by atoms with Gasteiger partial charge in [0.05, 0.1) is 15.9 Å². The molecule has 170 valence electrons. The number of nitrogens with zero attached hydrogens (tertiary/aromatic N) is 4. The maximum Gasteiger partial charge on any atom is 0.271 e. The molecule has 0 saturated heterocycles. The third-order valence-corrected chi connectivity index (χ3v) is 6.05. The van der Waals surface area contributed by atoms with Crippen LogP contribution in [0.2, 0.25) is 0 Å². The zero-order valence-electron chi connectivity index (χ0n) is 18.5. The fourth-order valence-electron chi connectivity index (χ4n) is 3.25. The van der Waals surface area contributed by atoms with E-state index in [1.807, 2.05) is 60.7 Å². The van der Waals surface area contributed by atoms with E-state index in [4.69, 9.17) is 4.98 Å². The number of anilines is 1. The topological polar surface area (TPSA) is 111 Å². The van der Waals surface area contributed by atoms with Crippen LogP contribution < -0.4 is 5.32 Å². The minimum absolute atomic E-state index is 0.0854. The Kier molecular flexibility index (Phi) is 6.93. The highest BCUT2D eigenvalue weighted by Gasteiger charge is 2.20. The number of aryl methyl sites for hydroxylation is 1. The Morgan fingerprint density at radius 1 is 0.941 bits per heavy atom. The first-order valence-corrected chi connectivity index (χ1v) is 11.4. The van der Waals surface area contributed by atoms with Gasteiger partial charge in [-0.3, -0.25) is 14.9 Å². The number of amides is 1. The number of carbonyl (C=O) groups excluding carboxylic acids is 1. The van der Waals surface area contributed by atoms with E-state index in [9.17, 15) is 14.9 Å². The largest absolute Gasteiger partial charge is 0.325 e. The van der Waals surface area contributed by atoms with Crippen molar-refractivity contribution in [2.24, 2.45) is 0 Å². The molecular formula is C25H21N5O3S. The van der Waals surface area contributed by atoms with Crippen LogP contribution in [0.1, 0.15) is 12.5 Å². The summed E-state index contributed by atoms with van der Waals surface area (Å²) in [6.45, 7) is 3.50. The standard InChI is InChI=1S/C25H21N5O3S/c1-16-13-14-20(30(32)33)15-21(16)26-24(31)17(2)34-25-27-22(18-9-5-3-6-10-18)23(28-29-25)19-11-7-4-8-12-19/h3-15,17H,1-2H3,(H,26,31)/t17-/m1/s1. The van der Waals surface area contributed by atoms with Gasteiger partial charge in [-0.1, -0.05) is 78.5 Å². The molecule has 9 heteroatoms. The summed E-state index contributed by atoms with van der Waals surface area (Å²) in [7, 11) is 0. The van der Waals surface area contributed by atoms with Crippen LogP contribution in [0.3, 0.4) is 0 Å². The zero-order valence-corrected chi connectivity index (χ0v) is 19.3. The Balaban J connectivity index is 1.59. The molecule has 3 aromatic carbocycles. The van der Waals surface area contributed by atoms with E-state index in [-0.39, 0.29) is 11.6 Å². The predicted octanol–water partition coefficient (Wildman–Crippen LogP) is 5.54. The molecule has 1 heterocycles. The van der Waals surface area contributed by atoms with Crippen molar-refractivity contribution in [2.75, 3.05) is 5.32 Å². The monoisotopic (exact) mass is 471 g/mol. The van der Waals surface area contributed by atoms with Gasteiger partial charge in [0.2, 0.25) is 11.1 Å². The van der Waals surface area contributed by atoms with Crippen molar-refractivity contribution in [1.29, 1.82) is 0 Å².